The maximum atomic E-state index is 12.3. The first-order valence-corrected chi connectivity index (χ1v) is 11.1. The van der Waals surface area contributed by atoms with Crippen molar-refractivity contribution in [2.75, 3.05) is 58.0 Å². The van der Waals surface area contributed by atoms with E-state index in [4.69, 9.17) is 19.2 Å². The van der Waals surface area contributed by atoms with Crippen LogP contribution in [-0.4, -0.2) is 68.0 Å². The molecule has 0 spiro atoms. The summed E-state index contributed by atoms with van der Waals surface area (Å²) in [4.78, 5) is 24.6. The van der Waals surface area contributed by atoms with Gasteiger partial charge in [0.25, 0.3) is 5.56 Å². The van der Waals surface area contributed by atoms with Gasteiger partial charge in [0.15, 0.2) is 11.5 Å². The van der Waals surface area contributed by atoms with Gasteiger partial charge in [-0.05, 0) is 44.0 Å². The van der Waals surface area contributed by atoms with Crippen LogP contribution in [0.5, 0.6) is 11.5 Å². The topological polar surface area (TPSA) is 79.9 Å². The first kappa shape index (κ1) is 21.6. The van der Waals surface area contributed by atoms with E-state index in [9.17, 15) is 4.79 Å². The second kappa shape index (κ2) is 10.2. The molecule has 1 aromatic heterocycles. The van der Waals surface area contributed by atoms with Crippen LogP contribution in [0.25, 0.3) is 0 Å². The first-order valence-electron chi connectivity index (χ1n) is 11.1. The summed E-state index contributed by atoms with van der Waals surface area (Å²) in [6, 6.07) is 7.79. The average Bonchev–Trinajstić information content (AvgIpc) is 2.80. The van der Waals surface area contributed by atoms with Gasteiger partial charge in [0, 0.05) is 38.2 Å². The van der Waals surface area contributed by atoms with E-state index in [-0.39, 0.29) is 11.5 Å². The van der Waals surface area contributed by atoms with Crippen LogP contribution in [-0.2, 0) is 11.3 Å². The molecule has 1 N–H and O–H groups in total. The Bertz CT molecular complexity index is 926. The molecule has 0 saturated carbocycles. The minimum atomic E-state index is -0.0835. The van der Waals surface area contributed by atoms with Crippen molar-refractivity contribution in [3.63, 3.8) is 0 Å². The molecule has 168 valence electrons. The standard InChI is InChI=1S/C23H32N4O4/c1-3-31-20-7-6-17(13-21(20)29-2)15-26-8-4-5-18(16-26)19-14-22(28)25-23(24-19)27-9-11-30-12-10-27/h6-7,13-14,18H,3-5,8-12,15-16H2,1-2H3,(H,24,25,28). The summed E-state index contributed by atoms with van der Waals surface area (Å²) >= 11 is 0. The molecule has 3 heterocycles. The summed E-state index contributed by atoms with van der Waals surface area (Å²) in [5.74, 6) is 2.45. The van der Waals surface area contributed by atoms with Crippen LogP contribution in [0.15, 0.2) is 29.1 Å². The SMILES string of the molecule is CCOc1ccc(CN2CCCC(c3cc(=O)[nH]c(N4CCOCC4)n3)C2)cc1OC. The second-order valence-corrected chi connectivity index (χ2v) is 8.09. The molecule has 2 saturated heterocycles. The number of rotatable bonds is 7. The highest BCUT2D eigenvalue weighted by molar-refractivity contribution is 5.43. The summed E-state index contributed by atoms with van der Waals surface area (Å²) < 4.78 is 16.5. The summed E-state index contributed by atoms with van der Waals surface area (Å²) in [6.07, 6.45) is 2.13. The predicted molar refractivity (Wildman–Crippen MR) is 119 cm³/mol. The molecule has 2 aliphatic heterocycles. The Labute approximate surface area is 183 Å². The number of ether oxygens (including phenoxy) is 3. The van der Waals surface area contributed by atoms with Gasteiger partial charge < -0.3 is 19.1 Å². The van der Waals surface area contributed by atoms with Crippen LogP contribution in [0.1, 0.15) is 36.9 Å². The minimum Gasteiger partial charge on any atom is -0.493 e. The number of anilines is 1. The molecule has 2 aromatic rings. The number of nitrogens with one attached hydrogen (secondary N) is 1. The molecule has 0 aliphatic carbocycles. The zero-order valence-corrected chi connectivity index (χ0v) is 18.4. The van der Waals surface area contributed by atoms with E-state index in [1.54, 1.807) is 13.2 Å². The van der Waals surface area contributed by atoms with Crippen molar-refractivity contribution in [2.24, 2.45) is 0 Å². The quantitative estimate of drug-likeness (QED) is 0.725. The summed E-state index contributed by atoms with van der Waals surface area (Å²) in [6.45, 7) is 8.16. The Morgan fingerprint density at radius 1 is 1.19 bits per heavy atom. The van der Waals surface area contributed by atoms with Gasteiger partial charge in [-0.3, -0.25) is 14.7 Å². The minimum absolute atomic E-state index is 0.0835. The smallest absolute Gasteiger partial charge is 0.252 e. The van der Waals surface area contributed by atoms with E-state index in [2.05, 4.69) is 26.9 Å². The fourth-order valence-electron chi connectivity index (χ4n) is 4.38. The van der Waals surface area contributed by atoms with E-state index in [0.717, 1.165) is 62.8 Å². The molecule has 2 aliphatic rings. The number of methoxy groups -OCH3 is 1. The predicted octanol–water partition coefficient (Wildman–Crippen LogP) is 2.39. The third kappa shape index (κ3) is 5.37. The van der Waals surface area contributed by atoms with E-state index in [1.165, 1.54) is 5.56 Å². The lowest BCUT2D eigenvalue weighted by Crippen LogP contribution is -2.39. The highest BCUT2D eigenvalue weighted by Crippen LogP contribution is 2.30. The van der Waals surface area contributed by atoms with Crippen molar-refractivity contribution in [1.82, 2.24) is 14.9 Å². The van der Waals surface area contributed by atoms with Gasteiger partial charge in [0.05, 0.1) is 32.6 Å². The molecule has 0 bridgehead atoms. The molecule has 0 radical (unpaired) electrons. The molecule has 1 aromatic carbocycles. The summed E-state index contributed by atoms with van der Waals surface area (Å²) in [5.41, 5.74) is 1.99. The molecule has 1 atom stereocenters. The molecule has 2 fully saturated rings. The zero-order chi connectivity index (χ0) is 21.6. The summed E-state index contributed by atoms with van der Waals surface area (Å²) in [7, 11) is 1.67. The number of hydrogen-bond donors (Lipinski definition) is 1. The van der Waals surface area contributed by atoms with E-state index < -0.39 is 0 Å². The molecule has 0 amide bonds. The maximum absolute atomic E-state index is 12.3. The van der Waals surface area contributed by atoms with Crippen molar-refractivity contribution in [3.8, 4) is 11.5 Å². The normalized spacial score (nSPS) is 19.9. The number of morpholine rings is 1. The Balaban J connectivity index is 1.46. The van der Waals surface area contributed by atoms with Gasteiger partial charge in [-0.2, -0.15) is 0 Å². The Hall–Kier alpha value is -2.58. The fraction of sp³-hybridized carbons (Fsp3) is 0.565. The Morgan fingerprint density at radius 3 is 2.81 bits per heavy atom. The largest absolute Gasteiger partial charge is 0.493 e. The zero-order valence-electron chi connectivity index (χ0n) is 18.4. The van der Waals surface area contributed by atoms with E-state index in [1.807, 2.05) is 13.0 Å². The van der Waals surface area contributed by atoms with Gasteiger partial charge in [-0.25, -0.2) is 4.98 Å². The highest BCUT2D eigenvalue weighted by Gasteiger charge is 2.24. The number of aromatic nitrogens is 2. The van der Waals surface area contributed by atoms with Crippen molar-refractivity contribution >= 4 is 5.95 Å². The molecular weight excluding hydrogens is 396 g/mol. The van der Waals surface area contributed by atoms with Crippen LogP contribution >= 0.6 is 0 Å². The number of likely N-dealkylation sites (tertiary alicyclic amines) is 1. The van der Waals surface area contributed by atoms with Crippen LogP contribution in [0, 0.1) is 0 Å². The molecule has 31 heavy (non-hydrogen) atoms. The molecule has 1 unspecified atom stereocenters. The number of H-pyrrole nitrogens is 1. The number of nitrogens with zero attached hydrogens (tertiary/aromatic N) is 3. The lowest BCUT2D eigenvalue weighted by Gasteiger charge is -2.33. The third-order valence-corrected chi connectivity index (χ3v) is 5.92. The van der Waals surface area contributed by atoms with Crippen LogP contribution in [0.4, 0.5) is 5.95 Å². The second-order valence-electron chi connectivity index (χ2n) is 8.09. The molecule has 8 heteroatoms. The van der Waals surface area contributed by atoms with Gasteiger partial charge in [0.1, 0.15) is 0 Å². The van der Waals surface area contributed by atoms with Crippen LogP contribution < -0.4 is 19.9 Å². The Kier molecular flexibility index (Phi) is 7.09. The molecule has 8 nitrogen and oxygen atoms in total. The highest BCUT2D eigenvalue weighted by atomic mass is 16.5. The number of aromatic amines is 1. The maximum Gasteiger partial charge on any atom is 0.252 e. The first-order chi connectivity index (χ1) is 15.2. The van der Waals surface area contributed by atoms with Crippen molar-refractivity contribution in [1.29, 1.82) is 0 Å². The average molecular weight is 429 g/mol. The van der Waals surface area contributed by atoms with E-state index in [0.29, 0.717) is 25.8 Å². The van der Waals surface area contributed by atoms with Gasteiger partial charge in [0.2, 0.25) is 5.95 Å². The van der Waals surface area contributed by atoms with Gasteiger partial charge in [-0.1, -0.05) is 6.07 Å². The number of benzene rings is 1. The number of hydrogen-bond acceptors (Lipinski definition) is 7. The Morgan fingerprint density at radius 2 is 2.03 bits per heavy atom. The monoisotopic (exact) mass is 428 g/mol. The van der Waals surface area contributed by atoms with Gasteiger partial charge >= 0.3 is 0 Å². The lowest BCUT2D eigenvalue weighted by molar-refractivity contribution is 0.122. The van der Waals surface area contributed by atoms with Crippen molar-refractivity contribution in [3.05, 3.63) is 45.9 Å². The van der Waals surface area contributed by atoms with Crippen LogP contribution in [0.3, 0.4) is 0 Å². The molecular formula is C23H32N4O4. The number of piperidine rings is 1. The summed E-state index contributed by atoms with van der Waals surface area (Å²) in [5, 5.41) is 0. The van der Waals surface area contributed by atoms with E-state index >= 15 is 0 Å². The third-order valence-electron chi connectivity index (χ3n) is 5.92. The van der Waals surface area contributed by atoms with Crippen LogP contribution in [0.2, 0.25) is 0 Å². The fourth-order valence-corrected chi connectivity index (χ4v) is 4.38. The molecule has 4 rings (SSSR count). The van der Waals surface area contributed by atoms with Crippen molar-refractivity contribution < 1.29 is 14.2 Å². The van der Waals surface area contributed by atoms with Gasteiger partial charge in [-0.15, -0.1) is 0 Å². The lowest BCUT2D eigenvalue weighted by atomic mass is 9.94. The van der Waals surface area contributed by atoms with Crippen molar-refractivity contribution in [2.45, 2.75) is 32.2 Å².